The molecule has 4 nitrogen and oxygen atoms in total. The number of para-hydroxylation sites is 2. The molecule has 334 valence electrons. The van der Waals surface area contributed by atoms with Crippen LogP contribution in [-0.4, -0.2) is 0 Å². The van der Waals surface area contributed by atoms with Crippen molar-refractivity contribution in [2.75, 3.05) is 9.80 Å². The monoisotopic (exact) mass is 900 g/mol. The minimum atomic E-state index is 0.842. The van der Waals surface area contributed by atoms with E-state index in [2.05, 4.69) is 256 Å². The molecular weight excluding hydrogens is 853 g/mol. The van der Waals surface area contributed by atoms with Crippen molar-refractivity contribution in [1.82, 2.24) is 0 Å². The minimum Gasteiger partial charge on any atom is -0.456 e. The van der Waals surface area contributed by atoms with Crippen molar-refractivity contribution in [3.05, 3.63) is 241 Å². The Labute approximate surface area is 406 Å². The molecule has 0 saturated carbocycles. The first-order chi connectivity index (χ1) is 34.3. The topological polar surface area (TPSA) is 32.8 Å². The van der Waals surface area contributed by atoms with E-state index >= 15 is 0 Å². The van der Waals surface area contributed by atoms with Crippen LogP contribution < -0.4 is 9.80 Å². The van der Waals surface area contributed by atoms with Gasteiger partial charge in [-0.25, -0.2) is 0 Å². The number of rotatable bonds is 8. The highest BCUT2D eigenvalue weighted by Gasteiger charge is 2.22. The summed E-state index contributed by atoms with van der Waals surface area (Å²) in [4.78, 5) is 4.78. The molecule has 70 heavy (non-hydrogen) atoms. The van der Waals surface area contributed by atoms with Gasteiger partial charge in [0.1, 0.15) is 22.3 Å². The van der Waals surface area contributed by atoms with Gasteiger partial charge in [0.15, 0.2) is 0 Å². The predicted octanol–water partition coefficient (Wildman–Crippen LogP) is 19.3. The number of nitrogens with zero attached hydrogens (tertiary/aromatic N) is 2. The summed E-state index contributed by atoms with van der Waals surface area (Å²) >= 11 is 0. The molecule has 13 rings (SSSR count). The minimum absolute atomic E-state index is 0.842. The lowest BCUT2D eigenvalue weighted by Crippen LogP contribution is -2.12. The van der Waals surface area contributed by atoms with Crippen molar-refractivity contribution in [3.8, 4) is 22.3 Å². The van der Waals surface area contributed by atoms with E-state index in [1.54, 1.807) is 0 Å². The Morgan fingerprint density at radius 2 is 0.671 bits per heavy atom. The largest absolute Gasteiger partial charge is 0.456 e. The molecule has 0 aliphatic rings. The zero-order chi connectivity index (χ0) is 47.0. The third-order valence-corrected chi connectivity index (χ3v) is 14.3. The Hall–Kier alpha value is -8.86. The second kappa shape index (κ2) is 16.4. The smallest absolute Gasteiger partial charge is 0.136 e. The number of furan rings is 2. The molecule has 11 aromatic carbocycles. The maximum atomic E-state index is 6.75. The summed E-state index contributed by atoms with van der Waals surface area (Å²) in [7, 11) is 0. The molecule has 0 unspecified atom stereocenters. The van der Waals surface area contributed by atoms with Crippen molar-refractivity contribution in [2.45, 2.75) is 27.7 Å². The number of fused-ring (bicyclic) bond motifs is 9. The predicted molar refractivity (Wildman–Crippen MR) is 295 cm³/mol. The summed E-state index contributed by atoms with van der Waals surface area (Å²) < 4.78 is 13.5. The molecule has 0 atom stereocenters. The molecular formula is C66H48N2O2. The third-order valence-electron chi connectivity index (χ3n) is 14.3. The van der Waals surface area contributed by atoms with Gasteiger partial charge in [0.05, 0.1) is 0 Å². The van der Waals surface area contributed by atoms with Crippen molar-refractivity contribution in [2.24, 2.45) is 0 Å². The van der Waals surface area contributed by atoms with Gasteiger partial charge in [-0.15, -0.1) is 0 Å². The van der Waals surface area contributed by atoms with Crippen LogP contribution in [0.3, 0.4) is 0 Å². The molecule has 4 heteroatoms. The normalized spacial score (nSPS) is 11.7. The van der Waals surface area contributed by atoms with Gasteiger partial charge in [0, 0.05) is 55.7 Å². The fraction of sp³-hybridized carbons (Fsp3) is 0.0606. The van der Waals surface area contributed by atoms with Gasteiger partial charge in [0.25, 0.3) is 0 Å². The van der Waals surface area contributed by atoms with Gasteiger partial charge < -0.3 is 18.6 Å². The van der Waals surface area contributed by atoms with Crippen molar-refractivity contribution < 1.29 is 8.83 Å². The van der Waals surface area contributed by atoms with Crippen LogP contribution in [0, 0.1) is 27.7 Å². The first-order valence-corrected chi connectivity index (χ1v) is 24.1. The van der Waals surface area contributed by atoms with Crippen LogP contribution in [0.1, 0.15) is 22.3 Å². The number of hydrogen-bond donors (Lipinski definition) is 0. The second-order valence-corrected chi connectivity index (χ2v) is 18.8. The van der Waals surface area contributed by atoms with Gasteiger partial charge in [-0.05, 0) is 191 Å². The maximum absolute atomic E-state index is 6.75. The Morgan fingerprint density at radius 1 is 0.271 bits per heavy atom. The standard InChI is InChI=1S/C66H48N2O2/c1-41-15-11-13-21-57(41)67(59-29-25-47(33-43(59)3)45-17-7-5-8-18-45)53-27-23-49-37-55-63(39-51(49)35-53)69-61-31-32-62-66(65(55)61)56-38-50-24-28-54(36-52(50)40-64(56)70-62)68(58-22-14-12-16-42(58)2)60-30-26-48(34-44(60)4)46-19-9-6-10-20-46/h5-40H,1-4H3. The fourth-order valence-electron chi connectivity index (χ4n) is 10.8. The van der Waals surface area contributed by atoms with Crippen LogP contribution in [0.2, 0.25) is 0 Å². The number of aryl methyl sites for hydroxylation is 4. The van der Waals surface area contributed by atoms with Crippen LogP contribution in [0.4, 0.5) is 34.1 Å². The van der Waals surface area contributed by atoms with Crippen LogP contribution in [0.5, 0.6) is 0 Å². The molecule has 0 spiro atoms. The van der Waals surface area contributed by atoms with Crippen LogP contribution >= 0.6 is 0 Å². The molecule has 0 bridgehead atoms. The van der Waals surface area contributed by atoms with E-state index in [0.29, 0.717) is 0 Å². The third kappa shape index (κ3) is 6.91. The van der Waals surface area contributed by atoms with Gasteiger partial charge in [0.2, 0.25) is 0 Å². The molecule has 0 saturated heterocycles. The highest BCUT2D eigenvalue weighted by molar-refractivity contribution is 6.28. The Kier molecular flexibility index (Phi) is 9.70. The van der Waals surface area contributed by atoms with E-state index in [1.807, 2.05) is 0 Å². The van der Waals surface area contributed by atoms with Crippen LogP contribution in [0.25, 0.3) is 87.7 Å². The van der Waals surface area contributed by atoms with E-state index in [9.17, 15) is 0 Å². The average molecular weight is 901 g/mol. The number of hydrogen-bond acceptors (Lipinski definition) is 4. The quantitative estimate of drug-likeness (QED) is 0.152. The first-order valence-electron chi connectivity index (χ1n) is 24.1. The maximum Gasteiger partial charge on any atom is 0.136 e. The van der Waals surface area contributed by atoms with Crippen molar-refractivity contribution in [1.29, 1.82) is 0 Å². The van der Waals surface area contributed by atoms with Gasteiger partial charge in [-0.3, -0.25) is 0 Å². The summed E-state index contributed by atoms with van der Waals surface area (Å²) in [6.07, 6.45) is 0. The summed E-state index contributed by atoms with van der Waals surface area (Å²) in [5.41, 5.74) is 19.8. The first kappa shape index (κ1) is 41.3. The molecule has 2 aromatic heterocycles. The number of benzene rings is 11. The molecule has 0 fully saturated rings. The second-order valence-electron chi connectivity index (χ2n) is 18.8. The lowest BCUT2D eigenvalue weighted by atomic mass is 9.99. The van der Waals surface area contributed by atoms with E-state index in [1.165, 1.54) is 44.5 Å². The summed E-state index contributed by atoms with van der Waals surface area (Å²) in [6, 6.07) is 78.7. The van der Waals surface area contributed by atoms with Gasteiger partial charge in [-0.2, -0.15) is 0 Å². The average Bonchev–Trinajstić information content (AvgIpc) is 3.94. The molecule has 0 aliphatic carbocycles. The summed E-state index contributed by atoms with van der Waals surface area (Å²) in [5, 5.41) is 8.80. The van der Waals surface area contributed by atoms with Crippen LogP contribution in [0.15, 0.2) is 227 Å². The Morgan fingerprint density at radius 3 is 1.09 bits per heavy atom. The van der Waals surface area contributed by atoms with Crippen LogP contribution in [-0.2, 0) is 0 Å². The van der Waals surface area contributed by atoms with E-state index < -0.39 is 0 Å². The lowest BCUT2D eigenvalue weighted by molar-refractivity contribution is 0.663. The highest BCUT2D eigenvalue weighted by Crippen LogP contribution is 2.46. The van der Waals surface area contributed by atoms with Gasteiger partial charge >= 0.3 is 0 Å². The van der Waals surface area contributed by atoms with Gasteiger partial charge in [-0.1, -0.05) is 121 Å². The molecule has 0 amide bonds. The Balaban J connectivity index is 0.913. The zero-order valence-electron chi connectivity index (χ0n) is 39.5. The SMILES string of the molecule is Cc1ccccc1N(c1ccc2cc3c(cc2c1)oc1ccc2oc4cc5cc(N(c6ccccc6C)c6ccc(-c7ccccc7)cc6C)ccc5cc4c2c13)c1ccc(-c2ccccc2)cc1C. The Bertz CT molecular complexity index is 3910. The van der Waals surface area contributed by atoms with E-state index in [-0.39, 0.29) is 0 Å². The van der Waals surface area contributed by atoms with Crippen molar-refractivity contribution in [3.63, 3.8) is 0 Å². The van der Waals surface area contributed by atoms with E-state index in [4.69, 9.17) is 8.83 Å². The molecule has 0 N–H and O–H groups in total. The molecule has 13 aromatic rings. The molecule has 2 heterocycles. The highest BCUT2D eigenvalue weighted by atomic mass is 16.3. The summed E-state index contributed by atoms with van der Waals surface area (Å²) in [6.45, 7) is 8.79. The molecule has 0 radical (unpaired) electrons. The summed E-state index contributed by atoms with van der Waals surface area (Å²) in [5.74, 6) is 0. The van der Waals surface area contributed by atoms with Crippen molar-refractivity contribution >= 4 is 99.5 Å². The van der Waals surface area contributed by atoms with E-state index in [0.717, 1.165) is 99.5 Å². The zero-order valence-corrected chi connectivity index (χ0v) is 39.5. The lowest BCUT2D eigenvalue weighted by Gasteiger charge is -2.29. The number of anilines is 6. The fourth-order valence-corrected chi connectivity index (χ4v) is 10.8. The molecule has 0 aliphatic heterocycles.